The average molecular weight is 236 g/mol. The number of Topliss-reactive ketones (excluding diaryl/α,β-unsaturated/α-hetero) is 1. The summed E-state index contributed by atoms with van der Waals surface area (Å²) in [5, 5.41) is 10.1. The topological polar surface area (TPSA) is 46.5 Å². The summed E-state index contributed by atoms with van der Waals surface area (Å²) in [5.41, 5.74) is -0.321. The van der Waals surface area contributed by atoms with Crippen molar-refractivity contribution in [3.8, 4) is 5.75 Å². The van der Waals surface area contributed by atoms with Crippen LogP contribution < -0.4 is 4.74 Å². The molecular formula is C14H20O3. The normalized spacial score (nSPS) is 11.3. The monoisotopic (exact) mass is 236 g/mol. The van der Waals surface area contributed by atoms with Crippen molar-refractivity contribution >= 4 is 5.78 Å². The fourth-order valence-electron chi connectivity index (χ4n) is 1.78. The van der Waals surface area contributed by atoms with Crippen LogP contribution in [0.5, 0.6) is 5.75 Å². The zero-order valence-corrected chi connectivity index (χ0v) is 10.7. The van der Waals surface area contributed by atoms with Crippen LogP contribution in [0, 0.1) is 0 Å². The molecule has 0 atom stereocenters. The first-order chi connectivity index (χ1) is 8.05. The van der Waals surface area contributed by atoms with Crippen molar-refractivity contribution in [3.05, 3.63) is 29.8 Å². The van der Waals surface area contributed by atoms with E-state index in [-0.39, 0.29) is 12.2 Å². The molecule has 94 valence electrons. The number of carbonyl (C=O) groups excluding carboxylic acids is 1. The lowest BCUT2D eigenvalue weighted by Gasteiger charge is -2.23. The maximum atomic E-state index is 12.0. The minimum Gasteiger partial charge on any atom is -0.497 e. The average Bonchev–Trinajstić information content (AvgIpc) is 2.37. The second-order valence-electron chi connectivity index (χ2n) is 4.19. The molecule has 0 bridgehead atoms. The Morgan fingerprint density at radius 1 is 1.35 bits per heavy atom. The van der Waals surface area contributed by atoms with Crippen LogP contribution in [0.15, 0.2) is 24.3 Å². The molecule has 3 nitrogen and oxygen atoms in total. The van der Waals surface area contributed by atoms with E-state index >= 15 is 0 Å². The number of rotatable bonds is 6. The van der Waals surface area contributed by atoms with Crippen LogP contribution in [0.1, 0.15) is 32.3 Å². The van der Waals surface area contributed by atoms with Crippen LogP contribution in [-0.4, -0.2) is 23.6 Å². The molecule has 0 spiro atoms. The van der Waals surface area contributed by atoms with Gasteiger partial charge in [-0.1, -0.05) is 26.0 Å². The quantitative estimate of drug-likeness (QED) is 0.824. The highest BCUT2D eigenvalue weighted by Gasteiger charge is 2.31. The van der Waals surface area contributed by atoms with Gasteiger partial charge in [0, 0.05) is 6.42 Å². The first kappa shape index (κ1) is 13.7. The Morgan fingerprint density at radius 2 is 2.00 bits per heavy atom. The largest absolute Gasteiger partial charge is 0.497 e. The van der Waals surface area contributed by atoms with Crippen molar-refractivity contribution in [1.29, 1.82) is 0 Å². The lowest BCUT2D eigenvalue weighted by Crippen LogP contribution is -2.38. The zero-order valence-electron chi connectivity index (χ0n) is 10.7. The summed E-state index contributed by atoms with van der Waals surface area (Å²) in [4.78, 5) is 12.0. The number of carbonyl (C=O) groups is 1. The first-order valence-corrected chi connectivity index (χ1v) is 5.94. The van der Waals surface area contributed by atoms with Crippen LogP contribution in [0.25, 0.3) is 0 Å². The van der Waals surface area contributed by atoms with Crippen molar-refractivity contribution < 1.29 is 14.6 Å². The number of hydrogen-bond acceptors (Lipinski definition) is 3. The van der Waals surface area contributed by atoms with Gasteiger partial charge >= 0.3 is 0 Å². The third-order valence-corrected chi connectivity index (χ3v) is 3.19. The van der Waals surface area contributed by atoms with Crippen molar-refractivity contribution in [2.24, 2.45) is 0 Å². The zero-order chi connectivity index (χ0) is 12.9. The second-order valence-corrected chi connectivity index (χ2v) is 4.19. The molecule has 0 aliphatic rings. The van der Waals surface area contributed by atoms with Crippen LogP contribution in [0.3, 0.4) is 0 Å². The number of benzene rings is 1. The van der Waals surface area contributed by atoms with Gasteiger partial charge in [0.1, 0.15) is 11.4 Å². The number of methoxy groups -OCH3 is 1. The van der Waals surface area contributed by atoms with E-state index in [0.717, 1.165) is 11.3 Å². The van der Waals surface area contributed by atoms with Crippen LogP contribution in [0.4, 0.5) is 0 Å². The predicted octanol–water partition coefficient (Wildman–Crippen LogP) is 2.36. The number of hydrogen-bond donors (Lipinski definition) is 1. The van der Waals surface area contributed by atoms with Gasteiger partial charge in [-0.2, -0.15) is 0 Å². The maximum Gasteiger partial charge on any atom is 0.168 e. The molecule has 0 amide bonds. The molecule has 0 radical (unpaired) electrons. The van der Waals surface area contributed by atoms with E-state index in [1.807, 2.05) is 38.1 Å². The standard InChI is InChI=1S/C14H20O3/c1-4-14(16,5-2)13(15)10-11-7-6-8-12(9-11)17-3/h6-9,16H,4-5,10H2,1-3H3. The van der Waals surface area contributed by atoms with Crippen LogP contribution in [0.2, 0.25) is 0 Å². The molecule has 1 N–H and O–H groups in total. The lowest BCUT2D eigenvalue weighted by atomic mass is 9.88. The summed E-state index contributed by atoms with van der Waals surface area (Å²) in [5.74, 6) is 0.600. The van der Waals surface area contributed by atoms with Gasteiger partial charge in [-0.3, -0.25) is 4.79 Å². The number of aliphatic hydroxyl groups is 1. The summed E-state index contributed by atoms with van der Waals surface area (Å²) in [7, 11) is 1.59. The van der Waals surface area contributed by atoms with E-state index in [0.29, 0.717) is 12.8 Å². The summed E-state index contributed by atoms with van der Waals surface area (Å²) < 4.78 is 5.10. The van der Waals surface area contributed by atoms with E-state index in [2.05, 4.69) is 0 Å². The number of ketones is 1. The van der Waals surface area contributed by atoms with Gasteiger partial charge in [-0.25, -0.2) is 0 Å². The third-order valence-electron chi connectivity index (χ3n) is 3.19. The Hall–Kier alpha value is -1.35. The Labute approximate surface area is 102 Å². The molecule has 0 unspecified atom stereocenters. The highest BCUT2D eigenvalue weighted by atomic mass is 16.5. The molecule has 0 saturated heterocycles. The maximum absolute atomic E-state index is 12.0. The predicted molar refractivity (Wildman–Crippen MR) is 67.2 cm³/mol. The summed E-state index contributed by atoms with van der Waals surface area (Å²) in [6, 6.07) is 7.37. The Bertz CT molecular complexity index is 381. The van der Waals surface area contributed by atoms with Crippen molar-refractivity contribution in [2.75, 3.05) is 7.11 Å². The molecule has 0 fully saturated rings. The van der Waals surface area contributed by atoms with E-state index < -0.39 is 5.60 Å². The number of ether oxygens (including phenoxy) is 1. The van der Waals surface area contributed by atoms with Gasteiger partial charge < -0.3 is 9.84 Å². The van der Waals surface area contributed by atoms with Gasteiger partial charge in [0.25, 0.3) is 0 Å². The van der Waals surface area contributed by atoms with Crippen LogP contribution in [-0.2, 0) is 11.2 Å². The molecule has 17 heavy (non-hydrogen) atoms. The SMILES string of the molecule is CCC(O)(CC)C(=O)Cc1cccc(OC)c1. The summed E-state index contributed by atoms with van der Waals surface area (Å²) in [6.45, 7) is 3.65. The first-order valence-electron chi connectivity index (χ1n) is 5.94. The molecule has 0 aromatic heterocycles. The van der Waals surface area contributed by atoms with Crippen molar-refractivity contribution in [3.63, 3.8) is 0 Å². The van der Waals surface area contributed by atoms with Gasteiger partial charge in [0.05, 0.1) is 7.11 Å². The van der Waals surface area contributed by atoms with Crippen molar-refractivity contribution in [2.45, 2.75) is 38.7 Å². The minimum atomic E-state index is -1.19. The molecule has 0 aliphatic heterocycles. The minimum absolute atomic E-state index is 0.129. The van der Waals surface area contributed by atoms with Gasteiger partial charge in [-0.05, 0) is 30.5 Å². The molecule has 1 aromatic carbocycles. The van der Waals surface area contributed by atoms with Crippen LogP contribution >= 0.6 is 0 Å². The smallest absolute Gasteiger partial charge is 0.168 e. The Balaban J connectivity index is 2.80. The van der Waals surface area contributed by atoms with Gasteiger partial charge in [0.2, 0.25) is 0 Å². The fourth-order valence-corrected chi connectivity index (χ4v) is 1.78. The Morgan fingerprint density at radius 3 is 2.53 bits per heavy atom. The second kappa shape index (κ2) is 5.82. The summed E-state index contributed by atoms with van der Waals surface area (Å²) in [6.07, 6.45) is 1.15. The van der Waals surface area contributed by atoms with E-state index in [1.165, 1.54) is 0 Å². The molecule has 0 heterocycles. The fraction of sp³-hybridized carbons (Fsp3) is 0.500. The molecule has 3 heteroatoms. The highest BCUT2D eigenvalue weighted by Crippen LogP contribution is 2.20. The van der Waals surface area contributed by atoms with E-state index in [4.69, 9.17) is 4.74 Å². The van der Waals surface area contributed by atoms with Crippen molar-refractivity contribution in [1.82, 2.24) is 0 Å². The van der Waals surface area contributed by atoms with E-state index in [1.54, 1.807) is 7.11 Å². The van der Waals surface area contributed by atoms with E-state index in [9.17, 15) is 9.90 Å². The molecular weight excluding hydrogens is 216 g/mol. The molecule has 1 rings (SSSR count). The summed E-state index contributed by atoms with van der Waals surface area (Å²) >= 11 is 0. The third kappa shape index (κ3) is 3.30. The lowest BCUT2D eigenvalue weighted by molar-refractivity contribution is -0.137. The molecule has 1 aromatic rings. The molecule has 0 aliphatic carbocycles. The Kier molecular flexibility index (Phi) is 4.70. The van der Waals surface area contributed by atoms with Gasteiger partial charge in [-0.15, -0.1) is 0 Å². The molecule has 0 saturated carbocycles. The highest BCUT2D eigenvalue weighted by molar-refractivity contribution is 5.88. The van der Waals surface area contributed by atoms with Gasteiger partial charge in [0.15, 0.2) is 5.78 Å².